The quantitative estimate of drug-likeness (QED) is 0.200. The summed E-state index contributed by atoms with van der Waals surface area (Å²) in [6, 6.07) is 12.2. The Kier molecular flexibility index (Phi) is 7.96. The second-order valence-corrected chi connectivity index (χ2v) is 8.68. The molecule has 2 nitrogen and oxygen atoms in total. The molecule has 1 aliphatic heterocycles. The average molecular weight is 482 g/mol. The van der Waals surface area contributed by atoms with Crippen LogP contribution in [0.1, 0.15) is 37.2 Å². The van der Waals surface area contributed by atoms with Crippen LogP contribution in [0.4, 0.5) is 17.6 Å². The molecule has 0 aliphatic carbocycles. The Morgan fingerprint density at radius 2 is 1.49 bits per heavy atom. The summed E-state index contributed by atoms with van der Waals surface area (Å²) in [5.74, 6) is -4.23. The van der Waals surface area contributed by atoms with Gasteiger partial charge in [0.25, 0.3) is 0 Å². The Bertz CT molecular complexity index is 1190. The van der Waals surface area contributed by atoms with Gasteiger partial charge in [0.2, 0.25) is 5.82 Å². The van der Waals surface area contributed by atoms with E-state index in [0.717, 1.165) is 25.7 Å². The third kappa shape index (κ3) is 5.30. The van der Waals surface area contributed by atoms with Gasteiger partial charge in [0.15, 0.2) is 31.0 Å². The van der Waals surface area contributed by atoms with Crippen LogP contribution >= 0.6 is 0 Å². The molecule has 0 saturated carbocycles. The normalized spacial score (nSPS) is 17.8. The molecule has 1 heterocycles. The van der Waals surface area contributed by atoms with Gasteiger partial charge in [0.05, 0.1) is 19.2 Å². The number of rotatable bonds is 8. The highest BCUT2D eigenvalue weighted by Gasteiger charge is 2.27. The maximum atomic E-state index is 15.1. The Morgan fingerprint density at radius 3 is 2.06 bits per heavy atom. The predicted octanol–water partition coefficient (Wildman–Crippen LogP) is 6.78. The summed E-state index contributed by atoms with van der Waals surface area (Å²) in [7, 11) is 1.68. The minimum atomic E-state index is -1.06. The van der Waals surface area contributed by atoms with Gasteiger partial charge in [-0.05, 0) is 54.5 Å². The van der Waals surface area contributed by atoms with E-state index in [1.807, 2.05) is 6.08 Å². The lowest BCUT2D eigenvalue weighted by Gasteiger charge is -2.29. The van der Waals surface area contributed by atoms with Crippen LogP contribution in [0.2, 0.25) is 0 Å². The second-order valence-electron chi connectivity index (χ2n) is 8.68. The van der Waals surface area contributed by atoms with Crippen molar-refractivity contribution in [3.8, 4) is 28.0 Å². The van der Waals surface area contributed by atoms with Crippen LogP contribution in [0.15, 0.2) is 61.2 Å². The molecule has 0 N–H and O–H groups in total. The van der Waals surface area contributed by atoms with Crippen LogP contribution in [-0.2, 0) is 4.74 Å². The molecule has 0 spiro atoms. The lowest BCUT2D eigenvalue weighted by atomic mass is 9.88. The Morgan fingerprint density at radius 1 is 0.857 bits per heavy atom. The Hall–Kier alpha value is -3.06. The van der Waals surface area contributed by atoms with Gasteiger partial charge in [-0.25, -0.2) is 13.2 Å². The van der Waals surface area contributed by atoms with Gasteiger partial charge in [0, 0.05) is 17.0 Å². The van der Waals surface area contributed by atoms with Crippen molar-refractivity contribution in [1.29, 1.82) is 0 Å². The maximum absolute atomic E-state index is 15.1. The number of halogens is 4. The summed E-state index contributed by atoms with van der Waals surface area (Å²) in [6.45, 7) is 4.29. The first-order valence-electron chi connectivity index (χ1n) is 11.9. The van der Waals surface area contributed by atoms with Crippen molar-refractivity contribution < 1.29 is 27.0 Å². The highest BCUT2D eigenvalue weighted by molar-refractivity contribution is 6.08. The molecule has 0 aromatic heterocycles. The zero-order chi connectivity index (χ0) is 24.9. The molecule has 1 fully saturated rings. The standard InChI is InChI=1S/C28H27BF4O2/c1-2-3-4-20-10-9-19(15-34-20)23-12-11-21(25(30)26(23)31)17-5-7-18(8-6-17)22-13-14-24(35-16-29)28(33)27(22)32/h2,5-8,11-14,19-20H,1,3-4,9-10,15-16,29H2. The predicted molar refractivity (Wildman–Crippen MR) is 132 cm³/mol. The second kappa shape index (κ2) is 11.1. The minimum Gasteiger partial charge on any atom is -0.500 e. The van der Waals surface area contributed by atoms with Crippen LogP contribution in [0.5, 0.6) is 5.75 Å². The maximum Gasteiger partial charge on any atom is 0.201 e. The molecule has 3 aromatic carbocycles. The summed E-state index contributed by atoms with van der Waals surface area (Å²) in [5.41, 5.74) is 1.33. The van der Waals surface area contributed by atoms with Gasteiger partial charge in [0.1, 0.15) is 0 Å². The van der Waals surface area contributed by atoms with Gasteiger partial charge in [-0.1, -0.05) is 42.5 Å². The fourth-order valence-corrected chi connectivity index (χ4v) is 4.54. The van der Waals surface area contributed by atoms with E-state index in [9.17, 15) is 8.78 Å². The van der Waals surface area contributed by atoms with Gasteiger partial charge in [-0.2, -0.15) is 4.39 Å². The molecule has 0 radical (unpaired) electrons. The SMILES string of the molecule is BCOc1ccc(-c2ccc(-c3ccc(C4CCC(CCC=C)OC4)c(F)c3F)cc2)c(F)c1F. The largest absolute Gasteiger partial charge is 0.500 e. The van der Waals surface area contributed by atoms with Crippen molar-refractivity contribution in [3.63, 3.8) is 0 Å². The molecule has 35 heavy (non-hydrogen) atoms. The van der Waals surface area contributed by atoms with Crippen molar-refractivity contribution in [2.24, 2.45) is 0 Å². The minimum absolute atomic E-state index is 0.0585. The van der Waals surface area contributed by atoms with Crippen molar-refractivity contribution >= 4 is 7.85 Å². The summed E-state index contributed by atoms with van der Waals surface area (Å²) in [6.07, 6.45) is 5.26. The van der Waals surface area contributed by atoms with Crippen molar-refractivity contribution in [2.75, 3.05) is 13.1 Å². The van der Waals surface area contributed by atoms with E-state index in [2.05, 4.69) is 6.58 Å². The third-order valence-corrected chi connectivity index (χ3v) is 6.47. The number of allylic oxidation sites excluding steroid dienone is 1. The van der Waals surface area contributed by atoms with E-state index in [4.69, 9.17) is 9.47 Å². The van der Waals surface area contributed by atoms with Crippen molar-refractivity contribution in [2.45, 2.75) is 37.7 Å². The van der Waals surface area contributed by atoms with E-state index in [0.29, 0.717) is 23.3 Å². The highest BCUT2D eigenvalue weighted by atomic mass is 19.2. The zero-order valence-electron chi connectivity index (χ0n) is 19.6. The van der Waals surface area contributed by atoms with E-state index in [-0.39, 0.29) is 35.4 Å². The highest BCUT2D eigenvalue weighted by Crippen LogP contribution is 2.36. The molecule has 0 amide bonds. The summed E-state index contributed by atoms with van der Waals surface area (Å²) in [5, 5.41) is 0. The molecule has 1 saturated heterocycles. The lowest BCUT2D eigenvalue weighted by molar-refractivity contribution is -0.000881. The van der Waals surface area contributed by atoms with Crippen molar-refractivity contribution in [1.82, 2.24) is 0 Å². The number of benzene rings is 3. The Balaban J connectivity index is 1.53. The first-order chi connectivity index (χ1) is 16.9. The molecule has 4 rings (SSSR count). The molecular formula is C28H27BF4O2. The molecule has 2 atom stereocenters. The number of hydrogen-bond acceptors (Lipinski definition) is 2. The molecule has 7 heteroatoms. The third-order valence-electron chi connectivity index (χ3n) is 6.47. The molecule has 182 valence electrons. The molecule has 1 aliphatic rings. The summed E-state index contributed by atoms with van der Waals surface area (Å²) in [4.78, 5) is 0. The molecule has 3 aromatic rings. The first kappa shape index (κ1) is 25.1. The summed E-state index contributed by atoms with van der Waals surface area (Å²) < 4.78 is 69.8. The monoisotopic (exact) mass is 482 g/mol. The van der Waals surface area contributed by atoms with Gasteiger partial charge < -0.3 is 9.47 Å². The van der Waals surface area contributed by atoms with Gasteiger partial charge in [-0.15, -0.1) is 6.58 Å². The first-order valence-corrected chi connectivity index (χ1v) is 11.9. The number of ether oxygens (including phenoxy) is 2. The fourth-order valence-electron chi connectivity index (χ4n) is 4.54. The van der Waals surface area contributed by atoms with Crippen LogP contribution < -0.4 is 4.74 Å². The molecule has 2 unspecified atom stereocenters. The topological polar surface area (TPSA) is 18.5 Å². The van der Waals surface area contributed by atoms with Gasteiger partial charge >= 0.3 is 0 Å². The van der Waals surface area contributed by atoms with Crippen LogP contribution in [0.3, 0.4) is 0 Å². The van der Waals surface area contributed by atoms with E-state index < -0.39 is 23.3 Å². The lowest BCUT2D eigenvalue weighted by Crippen LogP contribution is -2.25. The van der Waals surface area contributed by atoms with Crippen LogP contribution in [0.25, 0.3) is 22.3 Å². The Labute approximate surface area is 204 Å². The zero-order valence-corrected chi connectivity index (χ0v) is 19.6. The van der Waals surface area contributed by atoms with E-state index >= 15 is 8.78 Å². The molecule has 0 bridgehead atoms. The number of hydrogen-bond donors (Lipinski definition) is 0. The smallest absolute Gasteiger partial charge is 0.201 e. The van der Waals surface area contributed by atoms with Gasteiger partial charge in [-0.3, -0.25) is 0 Å². The van der Waals surface area contributed by atoms with Crippen LogP contribution in [-0.4, -0.2) is 27.1 Å². The van der Waals surface area contributed by atoms with Crippen molar-refractivity contribution in [3.05, 3.63) is 90.0 Å². The van der Waals surface area contributed by atoms with E-state index in [1.54, 1.807) is 44.2 Å². The fraction of sp³-hybridized carbons (Fsp3) is 0.286. The van der Waals surface area contributed by atoms with E-state index in [1.165, 1.54) is 12.1 Å². The van der Waals surface area contributed by atoms with Crippen LogP contribution in [0, 0.1) is 23.3 Å². The average Bonchev–Trinajstić information content (AvgIpc) is 2.88. The molecular weight excluding hydrogens is 455 g/mol. The summed E-state index contributed by atoms with van der Waals surface area (Å²) >= 11 is 0.